The molecule has 0 spiro atoms. The Morgan fingerprint density at radius 1 is 1.38 bits per heavy atom. The lowest BCUT2D eigenvalue weighted by molar-refractivity contribution is -0.137. The Balaban J connectivity index is 2.52. The summed E-state index contributed by atoms with van der Waals surface area (Å²) in [6, 6.07) is 4.56. The summed E-state index contributed by atoms with van der Waals surface area (Å²) < 4.78 is 5.90. The minimum Gasteiger partial charge on any atom is -0.508 e. The van der Waals surface area contributed by atoms with Gasteiger partial charge in [0.05, 0.1) is 5.69 Å². The molecular weight excluding hydrogens is 272 g/mol. The van der Waals surface area contributed by atoms with Crippen molar-refractivity contribution in [3.05, 3.63) is 18.2 Å². The molecule has 0 bridgehead atoms. The maximum Gasteiger partial charge on any atom is 0.271 e. The van der Waals surface area contributed by atoms with Crippen LogP contribution in [-0.2, 0) is 9.59 Å². The van der Waals surface area contributed by atoms with Crippen molar-refractivity contribution in [2.75, 3.05) is 18.5 Å². The zero-order chi connectivity index (χ0) is 15.6. The van der Waals surface area contributed by atoms with Gasteiger partial charge in [-0.15, -0.1) is 0 Å². The molecule has 0 saturated heterocycles. The van der Waals surface area contributed by atoms with Crippen LogP contribution < -0.4 is 15.0 Å². The van der Waals surface area contributed by atoms with Crippen LogP contribution in [0.3, 0.4) is 0 Å². The third-order valence-electron chi connectivity index (χ3n) is 3.90. The number of nitrogens with zero attached hydrogens (tertiary/aromatic N) is 1. The first-order valence-corrected chi connectivity index (χ1v) is 7.02. The van der Waals surface area contributed by atoms with E-state index in [9.17, 15) is 14.7 Å². The van der Waals surface area contributed by atoms with Crippen molar-refractivity contribution in [1.82, 2.24) is 5.32 Å². The predicted molar refractivity (Wildman–Crippen MR) is 78.5 cm³/mol. The quantitative estimate of drug-likeness (QED) is 0.879. The fourth-order valence-corrected chi connectivity index (χ4v) is 2.49. The normalized spacial score (nSPS) is 16.1. The topological polar surface area (TPSA) is 78.9 Å². The Labute approximate surface area is 123 Å². The van der Waals surface area contributed by atoms with Crippen molar-refractivity contribution in [1.29, 1.82) is 0 Å². The van der Waals surface area contributed by atoms with Crippen molar-refractivity contribution < 1.29 is 19.4 Å². The second kappa shape index (κ2) is 5.63. The fourth-order valence-electron chi connectivity index (χ4n) is 2.49. The Morgan fingerprint density at radius 3 is 2.62 bits per heavy atom. The van der Waals surface area contributed by atoms with E-state index in [-0.39, 0.29) is 24.1 Å². The number of nitrogens with one attached hydrogen (secondary N) is 1. The third kappa shape index (κ3) is 2.53. The van der Waals surface area contributed by atoms with Crippen LogP contribution in [0.1, 0.15) is 26.7 Å². The van der Waals surface area contributed by atoms with E-state index in [2.05, 4.69) is 5.32 Å². The SMILES string of the molecule is CCC1(CC)Oc2ccc(O)cc2N(CC(=O)NC)C1=O. The van der Waals surface area contributed by atoms with Crippen molar-refractivity contribution >= 4 is 17.5 Å². The first-order valence-electron chi connectivity index (χ1n) is 7.02. The van der Waals surface area contributed by atoms with Gasteiger partial charge in [0.25, 0.3) is 5.91 Å². The number of anilines is 1. The lowest BCUT2D eigenvalue weighted by Gasteiger charge is -2.41. The van der Waals surface area contributed by atoms with Crippen molar-refractivity contribution in [3.8, 4) is 11.5 Å². The number of ether oxygens (including phenoxy) is 1. The Morgan fingerprint density at radius 2 is 2.05 bits per heavy atom. The van der Waals surface area contributed by atoms with Crippen molar-refractivity contribution in [2.24, 2.45) is 0 Å². The molecule has 2 N–H and O–H groups in total. The van der Waals surface area contributed by atoms with Crippen LogP contribution in [0, 0.1) is 0 Å². The lowest BCUT2D eigenvalue weighted by Crippen LogP contribution is -2.57. The largest absolute Gasteiger partial charge is 0.508 e. The number of hydrogen-bond donors (Lipinski definition) is 2. The summed E-state index contributed by atoms with van der Waals surface area (Å²) >= 11 is 0. The van der Waals surface area contributed by atoms with Gasteiger partial charge in [0.15, 0.2) is 5.60 Å². The summed E-state index contributed by atoms with van der Waals surface area (Å²) in [5.41, 5.74) is -0.543. The van der Waals surface area contributed by atoms with E-state index < -0.39 is 5.60 Å². The monoisotopic (exact) mass is 292 g/mol. The molecule has 21 heavy (non-hydrogen) atoms. The van der Waals surface area contributed by atoms with Gasteiger partial charge in [-0.3, -0.25) is 14.5 Å². The van der Waals surface area contributed by atoms with E-state index in [0.29, 0.717) is 24.3 Å². The number of hydrogen-bond acceptors (Lipinski definition) is 4. The summed E-state index contributed by atoms with van der Waals surface area (Å²) in [7, 11) is 1.52. The van der Waals surface area contributed by atoms with Crippen molar-refractivity contribution in [2.45, 2.75) is 32.3 Å². The number of amides is 2. The number of benzene rings is 1. The molecule has 6 nitrogen and oxygen atoms in total. The van der Waals surface area contributed by atoms with Gasteiger partial charge in [0.2, 0.25) is 5.91 Å². The number of phenolic OH excluding ortho intramolecular Hbond substituents is 1. The number of carbonyl (C=O) groups excluding carboxylic acids is 2. The third-order valence-corrected chi connectivity index (χ3v) is 3.90. The van der Waals surface area contributed by atoms with Crippen LogP contribution in [0.2, 0.25) is 0 Å². The number of carbonyl (C=O) groups is 2. The van der Waals surface area contributed by atoms with Gasteiger partial charge in [-0.05, 0) is 25.0 Å². The minimum absolute atomic E-state index is 0.0209. The first kappa shape index (κ1) is 15.2. The van der Waals surface area contributed by atoms with Gasteiger partial charge < -0.3 is 15.2 Å². The molecule has 2 rings (SSSR count). The average Bonchev–Trinajstić information content (AvgIpc) is 2.50. The van der Waals surface area contributed by atoms with E-state index in [0.717, 1.165) is 0 Å². The molecule has 0 aliphatic carbocycles. The van der Waals surface area contributed by atoms with Crippen LogP contribution in [-0.4, -0.2) is 36.1 Å². The molecule has 1 aliphatic heterocycles. The van der Waals surface area contributed by atoms with Crippen LogP contribution in [0.15, 0.2) is 18.2 Å². The van der Waals surface area contributed by atoms with E-state index in [1.165, 1.54) is 24.1 Å². The second-order valence-corrected chi connectivity index (χ2v) is 5.02. The molecule has 0 atom stereocenters. The Kier molecular flexibility index (Phi) is 4.06. The number of rotatable bonds is 4. The lowest BCUT2D eigenvalue weighted by atomic mass is 9.92. The molecule has 2 amide bonds. The van der Waals surface area contributed by atoms with Crippen LogP contribution in [0.4, 0.5) is 5.69 Å². The molecule has 6 heteroatoms. The smallest absolute Gasteiger partial charge is 0.271 e. The highest BCUT2D eigenvalue weighted by molar-refractivity contribution is 6.06. The highest BCUT2D eigenvalue weighted by Crippen LogP contribution is 2.42. The molecule has 1 heterocycles. The number of aromatic hydroxyl groups is 1. The molecule has 1 aromatic carbocycles. The summed E-state index contributed by atoms with van der Waals surface area (Å²) in [4.78, 5) is 25.9. The van der Waals surface area contributed by atoms with Gasteiger partial charge in [-0.2, -0.15) is 0 Å². The van der Waals surface area contributed by atoms with Crippen LogP contribution in [0.5, 0.6) is 11.5 Å². The van der Waals surface area contributed by atoms with E-state index >= 15 is 0 Å². The minimum atomic E-state index is -0.960. The Hall–Kier alpha value is -2.24. The van der Waals surface area contributed by atoms with Gasteiger partial charge in [-0.1, -0.05) is 13.8 Å². The highest BCUT2D eigenvalue weighted by atomic mass is 16.5. The van der Waals surface area contributed by atoms with Gasteiger partial charge >= 0.3 is 0 Å². The molecule has 0 aromatic heterocycles. The number of fused-ring (bicyclic) bond motifs is 1. The summed E-state index contributed by atoms with van der Waals surface area (Å²) in [5.74, 6) is -0.0117. The summed E-state index contributed by atoms with van der Waals surface area (Å²) in [5, 5.41) is 12.1. The standard InChI is InChI=1S/C15H20N2O4/c1-4-15(5-2)14(20)17(9-13(19)16-3)11-8-10(18)6-7-12(11)21-15/h6-8,18H,4-5,9H2,1-3H3,(H,16,19). The Bertz CT molecular complexity index is 567. The summed E-state index contributed by atoms with van der Waals surface area (Å²) in [6.45, 7) is 3.66. The zero-order valence-electron chi connectivity index (χ0n) is 12.5. The van der Waals surface area contributed by atoms with Gasteiger partial charge in [0, 0.05) is 13.1 Å². The molecule has 114 valence electrons. The predicted octanol–water partition coefficient (Wildman–Crippen LogP) is 1.42. The van der Waals surface area contributed by atoms with Crippen molar-refractivity contribution in [3.63, 3.8) is 0 Å². The van der Waals surface area contributed by atoms with E-state index in [1.807, 2.05) is 13.8 Å². The molecule has 0 saturated carbocycles. The fraction of sp³-hybridized carbons (Fsp3) is 0.467. The molecule has 1 aromatic rings. The zero-order valence-corrected chi connectivity index (χ0v) is 12.5. The van der Waals surface area contributed by atoms with Crippen LogP contribution >= 0.6 is 0 Å². The molecular formula is C15H20N2O4. The van der Waals surface area contributed by atoms with Crippen LogP contribution in [0.25, 0.3) is 0 Å². The second-order valence-electron chi connectivity index (χ2n) is 5.02. The molecule has 0 unspecified atom stereocenters. The van der Waals surface area contributed by atoms with E-state index in [4.69, 9.17) is 4.74 Å². The van der Waals surface area contributed by atoms with Gasteiger partial charge in [0.1, 0.15) is 18.0 Å². The number of phenols is 1. The van der Waals surface area contributed by atoms with Gasteiger partial charge in [-0.25, -0.2) is 0 Å². The maximum absolute atomic E-state index is 12.8. The molecule has 0 radical (unpaired) electrons. The maximum atomic E-state index is 12.8. The van der Waals surface area contributed by atoms with E-state index in [1.54, 1.807) is 6.07 Å². The molecule has 0 fully saturated rings. The molecule has 1 aliphatic rings. The summed E-state index contributed by atoms with van der Waals surface area (Å²) in [6.07, 6.45) is 1.01. The highest BCUT2D eigenvalue weighted by Gasteiger charge is 2.46. The first-order chi connectivity index (χ1) is 9.97. The number of likely N-dealkylation sites (N-methyl/N-ethyl adjacent to an activating group) is 1. The average molecular weight is 292 g/mol.